The fourth-order valence-electron chi connectivity index (χ4n) is 1.23. The zero-order chi connectivity index (χ0) is 12.6. The molecule has 0 saturated heterocycles. The molecule has 0 aliphatic heterocycles. The Morgan fingerprint density at radius 2 is 2.06 bits per heavy atom. The first-order valence-electron chi connectivity index (χ1n) is 5.87. The van der Waals surface area contributed by atoms with Crippen LogP contribution in [0.3, 0.4) is 0 Å². The fraction of sp³-hybridized carbons (Fsp3) is 0.909. The third-order valence-corrected chi connectivity index (χ3v) is 2.82. The van der Waals surface area contributed by atoms with Crippen molar-refractivity contribution in [1.82, 2.24) is 10.2 Å². The molecule has 0 saturated carbocycles. The number of oxime groups is 1. The molecule has 0 aromatic carbocycles. The second-order valence-electron chi connectivity index (χ2n) is 4.56. The molecule has 16 heavy (non-hydrogen) atoms. The summed E-state index contributed by atoms with van der Waals surface area (Å²) >= 11 is 0. The van der Waals surface area contributed by atoms with Crippen molar-refractivity contribution in [2.24, 2.45) is 16.8 Å². The van der Waals surface area contributed by atoms with Gasteiger partial charge < -0.3 is 21.2 Å². The third-order valence-electron chi connectivity index (χ3n) is 2.82. The predicted octanol–water partition coefficient (Wildman–Crippen LogP) is 0.689. The summed E-state index contributed by atoms with van der Waals surface area (Å²) in [5, 5.41) is 14.8. The number of hydrogen-bond donors (Lipinski definition) is 3. The van der Waals surface area contributed by atoms with Crippen LogP contribution in [0.25, 0.3) is 0 Å². The monoisotopic (exact) mass is 230 g/mol. The van der Waals surface area contributed by atoms with Crippen molar-refractivity contribution < 1.29 is 5.21 Å². The number of amidine groups is 1. The Bertz CT molecular complexity index is 206. The van der Waals surface area contributed by atoms with Crippen molar-refractivity contribution in [3.8, 4) is 0 Å². The van der Waals surface area contributed by atoms with Crippen LogP contribution in [-0.2, 0) is 0 Å². The summed E-state index contributed by atoms with van der Waals surface area (Å²) in [6, 6.07) is 0.594. The quantitative estimate of drug-likeness (QED) is 0.189. The molecule has 0 amide bonds. The summed E-state index contributed by atoms with van der Waals surface area (Å²) in [5.41, 5.74) is 5.47. The molecular formula is C11H26N4O. The summed E-state index contributed by atoms with van der Waals surface area (Å²) in [4.78, 5) is 2.31. The van der Waals surface area contributed by atoms with Gasteiger partial charge in [0.25, 0.3) is 0 Å². The average molecular weight is 230 g/mol. The van der Waals surface area contributed by atoms with Gasteiger partial charge in [-0.15, -0.1) is 0 Å². The fourth-order valence-corrected chi connectivity index (χ4v) is 1.23. The molecule has 0 fully saturated rings. The summed E-state index contributed by atoms with van der Waals surface area (Å²) in [6.45, 7) is 9.11. The van der Waals surface area contributed by atoms with E-state index in [4.69, 9.17) is 10.9 Å². The Hall–Kier alpha value is -0.810. The first-order valence-corrected chi connectivity index (χ1v) is 5.87. The van der Waals surface area contributed by atoms with E-state index in [1.807, 2.05) is 6.92 Å². The first kappa shape index (κ1) is 15.2. The highest BCUT2D eigenvalue weighted by molar-refractivity contribution is 5.82. The second-order valence-corrected chi connectivity index (χ2v) is 4.56. The molecule has 1 unspecified atom stereocenters. The highest BCUT2D eigenvalue weighted by Crippen LogP contribution is 1.95. The maximum atomic E-state index is 8.47. The number of rotatable bonds is 8. The number of nitrogens with zero attached hydrogens (tertiary/aromatic N) is 2. The van der Waals surface area contributed by atoms with Crippen LogP contribution in [0.1, 0.15) is 27.2 Å². The molecule has 0 rings (SSSR count). The molecule has 0 heterocycles. The van der Waals surface area contributed by atoms with E-state index in [-0.39, 0.29) is 11.8 Å². The number of nitrogens with two attached hydrogens (primary N) is 1. The van der Waals surface area contributed by atoms with Gasteiger partial charge in [-0.25, -0.2) is 0 Å². The molecule has 0 aromatic rings. The Balaban J connectivity index is 3.47. The van der Waals surface area contributed by atoms with E-state index in [1.54, 1.807) is 0 Å². The van der Waals surface area contributed by atoms with E-state index < -0.39 is 0 Å². The average Bonchev–Trinajstić information content (AvgIpc) is 2.26. The van der Waals surface area contributed by atoms with Crippen molar-refractivity contribution >= 4 is 5.84 Å². The van der Waals surface area contributed by atoms with Crippen LogP contribution in [-0.4, -0.2) is 48.7 Å². The van der Waals surface area contributed by atoms with Crippen LogP contribution >= 0.6 is 0 Å². The molecule has 4 N–H and O–H groups in total. The molecular weight excluding hydrogens is 204 g/mol. The zero-order valence-corrected chi connectivity index (χ0v) is 10.9. The highest BCUT2D eigenvalue weighted by Gasteiger charge is 2.06. The van der Waals surface area contributed by atoms with Crippen LogP contribution in [0.4, 0.5) is 0 Å². The van der Waals surface area contributed by atoms with Crippen molar-refractivity contribution in [3.63, 3.8) is 0 Å². The van der Waals surface area contributed by atoms with Gasteiger partial charge >= 0.3 is 0 Å². The standard InChI is InChI=1S/C11H26N4O/c1-9(2)15(4)7-5-6-13-8-10(3)11(12)14-16/h9-10,13,16H,5-8H2,1-4H3,(H2,12,14). The van der Waals surface area contributed by atoms with Crippen LogP contribution < -0.4 is 11.1 Å². The van der Waals surface area contributed by atoms with E-state index in [0.29, 0.717) is 6.04 Å². The minimum Gasteiger partial charge on any atom is -0.409 e. The lowest BCUT2D eigenvalue weighted by molar-refractivity contribution is 0.269. The van der Waals surface area contributed by atoms with Crippen LogP contribution in [0.15, 0.2) is 5.16 Å². The van der Waals surface area contributed by atoms with E-state index in [2.05, 4.69) is 36.3 Å². The first-order chi connectivity index (χ1) is 7.49. The van der Waals surface area contributed by atoms with Gasteiger partial charge in [0, 0.05) is 18.5 Å². The molecule has 5 heteroatoms. The summed E-state index contributed by atoms with van der Waals surface area (Å²) < 4.78 is 0. The van der Waals surface area contributed by atoms with Crippen molar-refractivity contribution in [2.45, 2.75) is 33.2 Å². The van der Waals surface area contributed by atoms with Gasteiger partial charge in [-0.3, -0.25) is 0 Å². The molecule has 0 radical (unpaired) electrons. The summed E-state index contributed by atoms with van der Waals surface area (Å²) in [5.74, 6) is 0.361. The third kappa shape index (κ3) is 6.63. The van der Waals surface area contributed by atoms with E-state index in [9.17, 15) is 0 Å². The summed E-state index contributed by atoms with van der Waals surface area (Å²) in [6.07, 6.45) is 1.11. The highest BCUT2D eigenvalue weighted by atomic mass is 16.4. The topological polar surface area (TPSA) is 73.9 Å². The van der Waals surface area contributed by atoms with Crippen molar-refractivity contribution in [2.75, 3.05) is 26.7 Å². The SMILES string of the molecule is CC(CNCCCN(C)C(C)C)C(N)=NO. The van der Waals surface area contributed by atoms with Gasteiger partial charge in [0.15, 0.2) is 0 Å². The molecule has 0 bridgehead atoms. The molecule has 96 valence electrons. The zero-order valence-electron chi connectivity index (χ0n) is 10.9. The lowest BCUT2D eigenvalue weighted by Crippen LogP contribution is -2.33. The maximum absolute atomic E-state index is 8.47. The molecule has 0 spiro atoms. The van der Waals surface area contributed by atoms with Gasteiger partial charge in [-0.05, 0) is 40.4 Å². The molecule has 1 atom stereocenters. The molecule has 0 aliphatic carbocycles. The number of nitrogens with one attached hydrogen (secondary N) is 1. The van der Waals surface area contributed by atoms with Gasteiger partial charge in [-0.2, -0.15) is 0 Å². The van der Waals surface area contributed by atoms with E-state index in [1.165, 1.54) is 0 Å². The van der Waals surface area contributed by atoms with Gasteiger partial charge in [0.1, 0.15) is 5.84 Å². The minimum atomic E-state index is 0.0767. The minimum absolute atomic E-state index is 0.0767. The Labute approximate surface area is 98.7 Å². The lowest BCUT2D eigenvalue weighted by Gasteiger charge is -2.21. The van der Waals surface area contributed by atoms with Gasteiger partial charge in [-0.1, -0.05) is 12.1 Å². The van der Waals surface area contributed by atoms with E-state index in [0.717, 1.165) is 26.1 Å². The Kier molecular flexibility index (Phi) is 7.93. The predicted molar refractivity (Wildman–Crippen MR) is 67.8 cm³/mol. The van der Waals surface area contributed by atoms with Crippen LogP contribution in [0, 0.1) is 5.92 Å². The molecule has 5 nitrogen and oxygen atoms in total. The Morgan fingerprint density at radius 1 is 1.44 bits per heavy atom. The smallest absolute Gasteiger partial charge is 0.143 e. The van der Waals surface area contributed by atoms with Crippen molar-refractivity contribution in [1.29, 1.82) is 0 Å². The normalized spacial score (nSPS) is 14.8. The van der Waals surface area contributed by atoms with E-state index >= 15 is 0 Å². The van der Waals surface area contributed by atoms with Crippen LogP contribution in [0.2, 0.25) is 0 Å². The maximum Gasteiger partial charge on any atom is 0.143 e. The van der Waals surface area contributed by atoms with Gasteiger partial charge in [0.05, 0.1) is 0 Å². The molecule has 0 aliphatic rings. The number of hydrogen-bond acceptors (Lipinski definition) is 4. The molecule has 0 aromatic heterocycles. The van der Waals surface area contributed by atoms with Crippen molar-refractivity contribution in [3.05, 3.63) is 0 Å². The lowest BCUT2D eigenvalue weighted by atomic mass is 10.1. The van der Waals surface area contributed by atoms with Crippen LogP contribution in [0.5, 0.6) is 0 Å². The van der Waals surface area contributed by atoms with Gasteiger partial charge in [0.2, 0.25) is 0 Å². The summed E-state index contributed by atoms with van der Waals surface area (Å²) in [7, 11) is 2.13. The Morgan fingerprint density at radius 3 is 2.56 bits per heavy atom. The largest absolute Gasteiger partial charge is 0.409 e. The second kappa shape index (κ2) is 8.35.